The minimum absolute atomic E-state index is 0.839. The van der Waals surface area contributed by atoms with Crippen LogP contribution in [0.2, 0.25) is 0 Å². The van der Waals surface area contributed by atoms with E-state index in [4.69, 9.17) is 12.2 Å². The molecule has 28 heavy (non-hydrogen) atoms. The first kappa shape index (κ1) is 18.9. The second kappa shape index (κ2) is 8.72. The zero-order chi connectivity index (χ0) is 19.3. The molecule has 0 aromatic heterocycles. The largest absolute Gasteiger partial charge is 0.346 e. The maximum Gasteiger partial charge on any atom is 0.173 e. The average Bonchev–Trinajstić information content (AvgIpc) is 2.75. The summed E-state index contributed by atoms with van der Waals surface area (Å²) in [6, 6.07) is 23.7. The SMILES string of the molecule is CCc1ccccc1NC(=S)N1CCN(Cc2cccc3ccccc23)CC1. The monoisotopic (exact) mass is 389 g/mol. The summed E-state index contributed by atoms with van der Waals surface area (Å²) in [5.74, 6) is 0. The van der Waals surface area contributed by atoms with Crippen LogP contribution in [-0.4, -0.2) is 41.1 Å². The predicted octanol–water partition coefficient (Wildman–Crippen LogP) is 4.92. The lowest BCUT2D eigenvalue weighted by Gasteiger charge is -2.36. The molecule has 0 unspecified atom stereocenters. The highest BCUT2D eigenvalue weighted by Gasteiger charge is 2.20. The molecule has 1 fully saturated rings. The number of hydrogen-bond donors (Lipinski definition) is 1. The number of anilines is 1. The zero-order valence-electron chi connectivity index (χ0n) is 16.4. The molecule has 1 aliphatic heterocycles. The van der Waals surface area contributed by atoms with E-state index in [-0.39, 0.29) is 0 Å². The third-order valence-corrected chi connectivity index (χ3v) is 5.93. The van der Waals surface area contributed by atoms with Crippen LogP contribution in [0.25, 0.3) is 10.8 Å². The standard InChI is InChI=1S/C24H27N3S/c1-2-19-8-4-6-13-23(19)25-24(28)27-16-14-26(15-17-27)18-21-11-7-10-20-9-3-5-12-22(20)21/h3-13H,2,14-18H2,1H3,(H,25,28). The van der Waals surface area contributed by atoms with Gasteiger partial charge in [0.15, 0.2) is 5.11 Å². The number of aryl methyl sites for hydroxylation is 1. The van der Waals surface area contributed by atoms with Crippen LogP contribution in [0.5, 0.6) is 0 Å². The van der Waals surface area contributed by atoms with Gasteiger partial charge in [-0.15, -0.1) is 0 Å². The van der Waals surface area contributed by atoms with E-state index in [0.29, 0.717) is 0 Å². The molecule has 0 saturated carbocycles. The summed E-state index contributed by atoms with van der Waals surface area (Å²) in [5.41, 5.74) is 3.84. The molecular weight excluding hydrogens is 362 g/mol. The van der Waals surface area contributed by atoms with Gasteiger partial charge < -0.3 is 10.2 Å². The van der Waals surface area contributed by atoms with Gasteiger partial charge in [0.2, 0.25) is 0 Å². The normalized spacial score (nSPS) is 15.0. The van der Waals surface area contributed by atoms with E-state index in [1.54, 1.807) is 0 Å². The smallest absolute Gasteiger partial charge is 0.173 e. The van der Waals surface area contributed by atoms with Crippen LogP contribution in [0, 0.1) is 0 Å². The first-order valence-electron chi connectivity index (χ1n) is 10.1. The second-order valence-corrected chi connectivity index (χ2v) is 7.73. The minimum Gasteiger partial charge on any atom is -0.346 e. The topological polar surface area (TPSA) is 18.5 Å². The number of rotatable bonds is 4. The van der Waals surface area contributed by atoms with Crippen molar-refractivity contribution >= 4 is 33.8 Å². The van der Waals surface area contributed by atoms with Crippen molar-refractivity contribution in [1.29, 1.82) is 0 Å². The van der Waals surface area contributed by atoms with Crippen LogP contribution in [0.3, 0.4) is 0 Å². The van der Waals surface area contributed by atoms with Gasteiger partial charge in [0.1, 0.15) is 0 Å². The second-order valence-electron chi connectivity index (χ2n) is 7.34. The summed E-state index contributed by atoms with van der Waals surface area (Å²) in [7, 11) is 0. The number of nitrogens with zero attached hydrogens (tertiary/aromatic N) is 2. The molecule has 3 aromatic carbocycles. The molecule has 1 heterocycles. The third kappa shape index (κ3) is 4.18. The van der Waals surface area contributed by atoms with Crippen molar-refractivity contribution in [2.24, 2.45) is 0 Å². The zero-order valence-corrected chi connectivity index (χ0v) is 17.2. The van der Waals surface area contributed by atoms with Crippen LogP contribution in [-0.2, 0) is 13.0 Å². The molecule has 3 nitrogen and oxygen atoms in total. The fourth-order valence-corrected chi connectivity index (χ4v) is 4.22. The van der Waals surface area contributed by atoms with E-state index in [0.717, 1.165) is 49.9 Å². The van der Waals surface area contributed by atoms with Gasteiger partial charge in [-0.3, -0.25) is 4.90 Å². The van der Waals surface area contributed by atoms with Crippen molar-refractivity contribution in [1.82, 2.24) is 9.80 Å². The Morgan fingerprint density at radius 2 is 1.54 bits per heavy atom. The molecule has 0 radical (unpaired) electrons. The van der Waals surface area contributed by atoms with E-state index in [9.17, 15) is 0 Å². The molecule has 1 N–H and O–H groups in total. The van der Waals surface area contributed by atoms with Gasteiger partial charge in [-0.2, -0.15) is 0 Å². The van der Waals surface area contributed by atoms with Crippen LogP contribution >= 0.6 is 12.2 Å². The van der Waals surface area contributed by atoms with Crippen LogP contribution in [0.1, 0.15) is 18.1 Å². The van der Waals surface area contributed by atoms with Gasteiger partial charge in [-0.05, 0) is 46.6 Å². The predicted molar refractivity (Wildman–Crippen MR) is 123 cm³/mol. The quantitative estimate of drug-likeness (QED) is 0.638. The molecule has 144 valence electrons. The lowest BCUT2D eigenvalue weighted by molar-refractivity contribution is 0.177. The molecule has 1 aliphatic rings. The van der Waals surface area contributed by atoms with Gasteiger partial charge in [-0.1, -0.05) is 67.6 Å². The van der Waals surface area contributed by atoms with Gasteiger partial charge in [-0.25, -0.2) is 0 Å². The number of para-hydroxylation sites is 1. The van der Waals surface area contributed by atoms with Crippen LogP contribution < -0.4 is 5.32 Å². The van der Waals surface area contributed by atoms with Gasteiger partial charge in [0.05, 0.1) is 0 Å². The Balaban J connectivity index is 1.36. The lowest BCUT2D eigenvalue weighted by Crippen LogP contribution is -2.49. The van der Waals surface area contributed by atoms with Gasteiger partial charge in [0, 0.05) is 38.4 Å². The number of piperazine rings is 1. The Hall–Kier alpha value is -2.43. The average molecular weight is 390 g/mol. The summed E-state index contributed by atoms with van der Waals surface area (Å²) in [6.07, 6.45) is 1.00. The Morgan fingerprint density at radius 3 is 2.36 bits per heavy atom. The fourth-order valence-electron chi connectivity index (χ4n) is 3.93. The van der Waals surface area contributed by atoms with E-state index in [1.807, 2.05) is 0 Å². The summed E-state index contributed by atoms with van der Waals surface area (Å²) >= 11 is 5.69. The first-order valence-corrected chi connectivity index (χ1v) is 10.5. The number of hydrogen-bond acceptors (Lipinski definition) is 2. The van der Waals surface area contributed by atoms with Crippen molar-refractivity contribution < 1.29 is 0 Å². The van der Waals surface area contributed by atoms with Gasteiger partial charge >= 0.3 is 0 Å². The maximum atomic E-state index is 5.69. The molecule has 1 saturated heterocycles. The number of fused-ring (bicyclic) bond motifs is 1. The molecule has 0 atom stereocenters. The van der Waals surface area contributed by atoms with Crippen molar-refractivity contribution in [2.45, 2.75) is 19.9 Å². The van der Waals surface area contributed by atoms with Gasteiger partial charge in [0.25, 0.3) is 0 Å². The van der Waals surface area contributed by atoms with E-state index < -0.39 is 0 Å². The molecular formula is C24H27N3S. The van der Waals surface area contributed by atoms with Crippen molar-refractivity contribution in [3.8, 4) is 0 Å². The minimum atomic E-state index is 0.839. The number of nitrogens with one attached hydrogen (secondary N) is 1. The van der Waals surface area contributed by atoms with Crippen LogP contribution in [0.15, 0.2) is 66.7 Å². The Labute approximate surface area is 173 Å². The molecule has 0 amide bonds. The lowest BCUT2D eigenvalue weighted by atomic mass is 10.0. The van der Waals surface area contributed by atoms with Crippen molar-refractivity contribution in [2.75, 3.05) is 31.5 Å². The highest BCUT2D eigenvalue weighted by molar-refractivity contribution is 7.80. The van der Waals surface area contributed by atoms with Crippen molar-refractivity contribution in [3.63, 3.8) is 0 Å². The molecule has 3 aromatic rings. The summed E-state index contributed by atoms with van der Waals surface area (Å²) < 4.78 is 0. The summed E-state index contributed by atoms with van der Waals surface area (Å²) in [4.78, 5) is 4.82. The molecule has 0 spiro atoms. The Morgan fingerprint density at radius 1 is 0.857 bits per heavy atom. The van der Waals surface area contributed by atoms with Crippen LogP contribution in [0.4, 0.5) is 5.69 Å². The number of thiocarbonyl (C=S) groups is 1. The molecule has 0 bridgehead atoms. The Kier molecular flexibility index (Phi) is 5.89. The van der Waals surface area contributed by atoms with Crippen molar-refractivity contribution in [3.05, 3.63) is 77.9 Å². The summed E-state index contributed by atoms with van der Waals surface area (Å²) in [5, 5.41) is 6.98. The van der Waals surface area contributed by atoms with E-state index >= 15 is 0 Å². The highest BCUT2D eigenvalue weighted by atomic mass is 32.1. The fraction of sp³-hybridized carbons (Fsp3) is 0.292. The molecule has 0 aliphatic carbocycles. The van der Waals surface area contributed by atoms with E-state index in [2.05, 4.69) is 88.8 Å². The van der Waals surface area contributed by atoms with E-state index in [1.165, 1.54) is 21.9 Å². The summed E-state index contributed by atoms with van der Waals surface area (Å²) in [6.45, 7) is 7.15. The third-order valence-electron chi connectivity index (χ3n) is 5.57. The molecule has 4 rings (SSSR count). The first-order chi connectivity index (χ1) is 13.7. The number of benzene rings is 3. The molecule has 4 heteroatoms. The maximum absolute atomic E-state index is 5.69. The highest BCUT2D eigenvalue weighted by Crippen LogP contribution is 2.21. The Bertz CT molecular complexity index is 955.